The summed E-state index contributed by atoms with van der Waals surface area (Å²) in [5, 5.41) is 12.3. The van der Waals surface area contributed by atoms with Crippen LogP contribution < -0.4 is 10.1 Å². The van der Waals surface area contributed by atoms with Crippen molar-refractivity contribution in [2.45, 2.75) is 26.4 Å². The number of para-hydroxylation sites is 1. The van der Waals surface area contributed by atoms with E-state index in [4.69, 9.17) is 13.9 Å². The summed E-state index contributed by atoms with van der Waals surface area (Å²) in [4.78, 5) is 4.23. The molecule has 6 nitrogen and oxygen atoms in total. The van der Waals surface area contributed by atoms with Gasteiger partial charge >= 0.3 is 0 Å². The molecule has 6 heteroatoms. The van der Waals surface area contributed by atoms with Crippen LogP contribution in [-0.2, 0) is 4.74 Å². The van der Waals surface area contributed by atoms with E-state index in [1.54, 1.807) is 7.11 Å². The highest BCUT2D eigenvalue weighted by Crippen LogP contribution is 2.31. The molecule has 122 valence electrons. The van der Waals surface area contributed by atoms with Crippen LogP contribution in [-0.4, -0.2) is 31.3 Å². The number of nitrogens with zero attached hydrogens (tertiary/aromatic N) is 2. The fraction of sp³-hybridized carbons (Fsp3) is 0.412. The number of anilines is 1. The molecule has 0 spiro atoms. The van der Waals surface area contributed by atoms with Crippen LogP contribution in [0.15, 0.2) is 28.7 Å². The predicted molar refractivity (Wildman–Crippen MR) is 87.4 cm³/mol. The van der Waals surface area contributed by atoms with Gasteiger partial charge in [0.1, 0.15) is 11.8 Å². The SMILES string of the molecule is COc1ccccc1-c1nc(C#N)c(NCCCOC(C)C)o1. The minimum Gasteiger partial charge on any atom is -0.496 e. The minimum absolute atomic E-state index is 0.215. The van der Waals surface area contributed by atoms with Crippen LogP contribution in [0.3, 0.4) is 0 Å². The molecule has 23 heavy (non-hydrogen) atoms. The molecule has 0 saturated heterocycles. The number of hydrogen-bond acceptors (Lipinski definition) is 6. The molecule has 1 aromatic carbocycles. The molecule has 1 aromatic heterocycles. The highest BCUT2D eigenvalue weighted by atomic mass is 16.5. The number of nitriles is 1. The Kier molecular flexibility index (Phi) is 6.01. The molecule has 1 N–H and O–H groups in total. The van der Waals surface area contributed by atoms with Crippen molar-refractivity contribution in [1.29, 1.82) is 5.26 Å². The van der Waals surface area contributed by atoms with Crippen molar-refractivity contribution in [3.63, 3.8) is 0 Å². The molecule has 0 aliphatic carbocycles. The molecule has 0 radical (unpaired) electrons. The summed E-state index contributed by atoms with van der Waals surface area (Å²) in [5.41, 5.74) is 0.943. The van der Waals surface area contributed by atoms with Gasteiger partial charge in [0.2, 0.25) is 17.5 Å². The molecule has 0 aliphatic heterocycles. The lowest BCUT2D eigenvalue weighted by Crippen LogP contribution is -2.09. The zero-order valence-corrected chi connectivity index (χ0v) is 13.6. The summed E-state index contributed by atoms with van der Waals surface area (Å²) < 4.78 is 16.5. The first-order valence-electron chi connectivity index (χ1n) is 7.55. The van der Waals surface area contributed by atoms with Crippen molar-refractivity contribution in [3.05, 3.63) is 30.0 Å². The van der Waals surface area contributed by atoms with Gasteiger partial charge < -0.3 is 19.2 Å². The van der Waals surface area contributed by atoms with Crippen LogP contribution in [0.5, 0.6) is 5.75 Å². The van der Waals surface area contributed by atoms with E-state index in [9.17, 15) is 5.26 Å². The lowest BCUT2D eigenvalue weighted by Gasteiger charge is -2.07. The summed E-state index contributed by atoms with van der Waals surface area (Å²) in [5.74, 6) is 1.38. The standard InChI is InChI=1S/C17H21N3O3/c1-12(2)22-10-6-9-19-17-14(11-18)20-16(23-17)13-7-4-5-8-15(13)21-3/h4-5,7-8,12,19H,6,9-10H2,1-3H3. The van der Waals surface area contributed by atoms with Crippen LogP contribution in [0, 0.1) is 11.3 Å². The van der Waals surface area contributed by atoms with Gasteiger partial charge in [-0.25, -0.2) is 0 Å². The summed E-state index contributed by atoms with van der Waals surface area (Å²) in [7, 11) is 1.58. The molecule has 1 heterocycles. The largest absolute Gasteiger partial charge is 0.496 e. The average molecular weight is 315 g/mol. The third-order valence-corrected chi connectivity index (χ3v) is 3.13. The third kappa shape index (κ3) is 4.47. The van der Waals surface area contributed by atoms with Gasteiger partial charge in [-0.2, -0.15) is 10.2 Å². The van der Waals surface area contributed by atoms with Gasteiger partial charge in [0.05, 0.1) is 18.8 Å². The first kappa shape index (κ1) is 16.8. The van der Waals surface area contributed by atoms with Gasteiger partial charge in [-0.15, -0.1) is 0 Å². The second kappa shape index (κ2) is 8.20. The van der Waals surface area contributed by atoms with Crippen LogP contribution >= 0.6 is 0 Å². The number of methoxy groups -OCH3 is 1. The molecular formula is C17H21N3O3. The summed E-state index contributed by atoms with van der Waals surface area (Å²) >= 11 is 0. The van der Waals surface area contributed by atoms with E-state index >= 15 is 0 Å². The second-order valence-corrected chi connectivity index (χ2v) is 5.21. The lowest BCUT2D eigenvalue weighted by molar-refractivity contribution is 0.0787. The maximum absolute atomic E-state index is 9.21. The van der Waals surface area contributed by atoms with Crippen molar-refractivity contribution in [1.82, 2.24) is 4.98 Å². The van der Waals surface area contributed by atoms with Crippen molar-refractivity contribution < 1.29 is 13.9 Å². The Bertz CT molecular complexity index is 674. The molecule has 0 unspecified atom stereocenters. The van der Waals surface area contributed by atoms with Gasteiger partial charge in [-0.05, 0) is 32.4 Å². The normalized spacial score (nSPS) is 10.6. The zero-order chi connectivity index (χ0) is 16.7. The summed E-state index contributed by atoms with van der Waals surface area (Å²) in [6.07, 6.45) is 1.03. The number of rotatable bonds is 8. The molecule has 2 rings (SSSR count). The minimum atomic E-state index is 0.215. The van der Waals surface area contributed by atoms with Gasteiger partial charge in [0, 0.05) is 13.2 Å². The Morgan fingerprint density at radius 3 is 2.83 bits per heavy atom. The fourth-order valence-electron chi connectivity index (χ4n) is 2.05. The maximum Gasteiger partial charge on any atom is 0.233 e. The van der Waals surface area contributed by atoms with Gasteiger partial charge in [0.15, 0.2) is 0 Å². The molecule has 0 saturated carbocycles. The van der Waals surface area contributed by atoms with E-state index in [0.29, 0.717) is 36.2 Å². The van der Waals surface area contributed by atoms with E-state index in [1.807, 2.05) is 44.2 Å². The number of nitrogens with one attached hydrogen (secondary N) is 1. The quantitative estimate of drug-likeness (QED) is 0.752. The first-order valence-corrected chi connectivity index (χ1v) is 7.55. The van der Waals surface area contributed by atoms with E-state index in [1.165, 1.54) is 0 Å². The average Bonchev–Trinajstić information content (AvgIpc) is 2.97. The lowest BCUT2D eigenvalue weighted by atomic mass is 10.2. The highest BCUT2D eigenvalue weighted by Gasteiger charge is 2.16. The molecular weight excluding hydrogens is 294 g/mol. The van der Waals surface area contributed by atoms with Crippen molar-refractivity contribution in [2.24, 2.45) is 0 Å². The van der Waals surface area contributed by atoms with Crippen LogP contribution in [0.2, 0.25) is 0 Å². The van der Waals surface area contributed by atoms with Gasteiger partial charge in [-0.3, -0.25) is 0 Å². The molecule has 2 aromatic rings. The monoisotopic (exact) mass is 315 g/mol. The Morgan fingerprint density at radius 2 is 2.13 bits per heavy atom. The molecule has 0 atom stereocenters. The molecule has 0 fully saturated rings. The molecule has 0 bridgehead atoms. The number of benzene rings is 1. The number of ether oxygens (including phenoxy) is 2. The summed E-state index contributed by atoms with van der Waals surface area (Å²) in [6.45, 7) is 5.29. The topological polar surface area (TPSA) is 80.3 Å². The van der Waals surface area contributed by atoms with Crippen LogP contribution in [0.25, 0.3) is 11.5 Å². The van der Waals surface area contributed by atoms with Crippen LogP contribution in [0.1, 0.15) is 26.0 Å². The van der Waals surface area contributed by atoms with E-state index in [2.05, 4.69) is 10.3 Å². The maximum atomic E-state index is 9.21. The Morgan fingerprint density at radius 1 is 1.35 bits per heavy atom. The first-order chi connectivity index (χ1) is 11.2. The molecule has 0 amide bonds. The predicted octanol–water partition coefficient (Wildman–Crippen LogP) is 3.45. The van der Waals surface area contributed by atoms with E-state index < -0.39 is 0 Å². The van der Waals surface area contributed by atoms with Crippen molar-refractivity contribution in [2.75, 3.05) is 25.6 Å². The van der Waals surface area contributed by atoms with E-state index in [-0.39, 0.29) is 11.8 Å². The number of oxazole rings is 1. The van der Waals surface area contributed by atoms with Gasteiger partial charge in [0.25, 0.3) is 0 Å². The highest BCUT2D eigenvalue weighted by molar-refractivity contribution is 5.65. The Hall–Kier alpha value is -2.52. The van der Waals surface area contributed by atoms with Gasteiger partial charge in [-0.1, -0.05) is 12.1 Å². The van der Waals surface area contributed by atoms with Crippen LogP contribution in [0.4, 0.5) is 5.88 Å². The second-order valence-electron chi connectivity index (χ2n) is 5.21. The van der Waals surface area contributed by atoms with Crippen molar-refractivity contribution >= 4 is 5.88 Å². The Balaban J connectivity index is 2.07. The van der Waals surface area contributed by atoms with E-state index in [0.717, 1.165) is 6.42 Å². The number of aromatic nitrogens is 1. The summed E-state index contributed by atoms with van der Waals surface area (Å²) in [6, 6.07) is 9.43. The Labute approximate surface area is 136 Å². The van der Waals surface area contributed by atoms with Crippen molar-refractivity contribution in [3.8, 4) is 23.3 Å². The smallest absolute Gasteiger partial charge is 0.233 e. The molecule has 0 aliphatic rings. The zero-order valence-electron chi connectivity index (χ0n) is 13.6. The number of hydrogen-bond donors (Lipinski definition) is 1. The third-order valence-electron chi connectivity index (χ3n) is 3.13. The fourth-order valence-corrected chi connectivity index (χ4v) is 2.05.